The molecule has 1 saturated heterocycles. The molecule has 0 aromatic carbocycles. The first-order chi connectivity index (χ1) is 7.77. The first-order valence-electron chi connectivity index (χ1n) is 6.74. The van der Waals surface area contributed by atoms with Gasteiger partial charge in [0.1, 0.15) is 0 Å². The van der Waals surface area contributed by atoms with E-state index in [0.29, 0.717) is 17.9 Å². The summed E-state index contributed by atoms with van der Waals surface area (Å²) in [5, 5.41) is 3.37. The lowest BCUT2D eigenvalue weighted by atomic mass is 10.0. The maximum atomic E-state index is 12.1. The summed E-state index contributed by atoms with van der Waals surface area (Å²) in [6.07, 6.45) is 8.34. The lowest BCUT2D eigenvalue weighted by molar-refractivity contribution is -0.133. The van der Waals surface area contributed by atoms with Crippen molar-refractivity contribution < 1.29 is 4.79 Å². The van der Waals surface area contributed by atoms with Crippen LogP contribution in [0.4, 0.5) is 0 Å². The van der Waals surface area contributed by atoms with Crippen molar-refractivity contribution in [1.82, 2.24) is 10.2 Å². The summed E-state index contributed by atoms with van der Waals surface area (Å²) in [4.78, 5) is 14.1. The molecule has 1 aliphatic carbocycles. The first-order valence-corrected chi connectivity index (χ1v) is 6.74. The maximum absolute atomic E-state index is 12.1. The second kappa shape index (κ2) is 5.67. The number of likely N-dealkylation sites (N-methyl/N-ethyl adjacent to an activating group) is 1. The van der Waals surface area contributed by atoms with E-state index in [1.807, 2.05) is 11.9 Å². The number of hydrogen-bond acceptors (Lipinski definition) is 2. The Morgan fingerprint density at radius 3 is 2.62 bits per heavy atom. The van der Waals surface area contributed by atoms with Crippen molar-refractivity contribution >= 4 is 5.91 Å². The van der Waals surface area contributed by atoms with Crippen molar-refractivity contribution in [1.29, 1.82) is 0 Å². The average Bonchev–Trinajstić information content (AvgIpc) is 2.82. The SMILES string of the molecule is CN(C(=O)CC1CCCC1)C1CCCNC1. The van der Waals surface area contributed by atoms with E-state index < -0.39 is 0 Å². The Morgan fingerprint density at radius 2 is 2.00 bits per heavy atom. The van der Waals surface area contributed by atoms with Crippen molar-refractivity contribution in [2.75, 3.05) is 20.1 Å². The molecule has 1 atom stereocenters. The Balaban J connectivity index is 1.78. The van der Waals surface area contributed by atoms with Gasteiger partial charge in [-0.1, -0.05) is 12.8 Å². The molecule has 2 rings (SSSR count). The van der Waals surface area contributed by atoms with Gasteiger partial charge >= 0.3 is 0 Å². The van der Waals surface area contributed by atoms with Crippen LogP contribution in [0, 0.1) is 5.92 Å². The minimum absolute atomic E-state index is 0.362. The normalized spacial score (nSPS) is 26.9. The Labute approximate surface area is 98.6 Å². The summed E-state index contributed by atoms with van der Waals surface area (Å²) in [6.45, 7) is 2.09. The second-order valence-electron chi connectivity index (χ2n) is 5.36. The third-order valence-electron chi connectivity index (χ3n) is 4.15. The largest absolute Gasteiger partial charge is 0.341 e. The summed E-state index contributed by atoms with van der Waals surface area (Å²) in [5.74, 6) is 1.03. The Bertz CT molecular complexity index is 230. The van der Waals surface area contributed by atoms with Crippen molar-refractivity contribution in [3.05, 3.63) is 0 Å². The zero-order valence-electron chi connectivity index (χ0n) is 10.4. The smallest absolute Gasteiger partial charge is 0.222 e. The summed E-state index contributed by atoms with van der Waals surface area (Å²) in [7, 11) is 1.98. The van der Waals surface area contributed by atoms with Gasteiger partial charge in [0.2, 0.25) is 5.91 Å². The van der Waals surface area contributed by atoms with Crippen molar-refractivity contribution in [3.63, 3.8) is 0 Å². The number of carbonyl (C=O) groups is 1. The predicted molar refractivity (Wildman–Crippen MR) is 65.2 cm³/mol. The van der Waals surface area contributed by atoms with Gasteiger partial charge in [-0.05, 0) is 38.1 Å². The average molecular weight is 224 g/mol. The quantitative estimate of drug-likeness (QED) is 0.792. The standard InChI is InChI=1S/C13H24N2O/c1-15(12-7-4-8-14-10-12)13(16)9-11-5-2-3-6-11/h11-12,14H,2-10H2,1H3. The van der Waals surface area contributed by atoms with Crippen molar-refractivity contribution in [2.24, 2.45) is 5.92 Å². The van der Waals surface area contributed by atoms with Gasteiger partial charge in [0.15, 0.2) is 0 Å². The molecule has 92 valence electrons. The third kappa shape index (κ3) is 2.97. The van der Waals surface area contributed by atoms with Gasteiger partial charge in [0.25, 0.3) is 0 Å². The molecular formula is C13H24N2O. The molecule has 3 nitrogen and oxygen atoms in total. The number of hydrogen-bond donors (Lipinski definition) is 1. The van der Waals surface area contributed by atoms with Crippen LogP contribution in [0.25, 0.3) is 0 Å². The van der Waals surface area contributed by atoms with Gasteiger partial charge in [-0.3, -0.25) is 4.79 Å². The first kappa shape index (κ1) is 11.9. The van der Waals surface area contributed by atoms with E-state index in [0.717, 1.165) is 19.5 Å². The molecular weight excluding hydrogens is 200 g/mol. The highest BCUT2D eigenvalue weighted by molar-refractivity contribution is 5.76. The highest BCUT2D eigenvalue weighted by Crippen LogP contribution is 2.28. The highest BCUT2D eigenvalue weighted by atomic mass is 16.2. The van der Waals surface area contributed by atoms with E-state index in [4.69, 9.17) is 0 Å². The summed E-state index contributed by atoms with van der Waals surface area (Å²) in [5.41, 5.74) is 0. The molecule has 2 fully saturated rings. The Hall–Kier alpha value is -0.570. The fourth-order valence-electron chi connectivity index (χ4n) is 2.97. The van der Waals surface area contributed by atoms with Crippen LogP contribution in [0.1, 0.15) is 44.9 Å². The molecule has 3 heteroatoms. The van der Waals surface area contributed by atoms with E-state index in [2.05, 4.69) is 5.32 Å². The summed E-state index contributed by atoms with van der Waals surface area (Å²) in [6, 6.07) is 0.433. The number of nitrogens with one attached hydrogen (secondary N) is 1. The van der Waals surface area contributed by atoms with Crippen molar-refractivity contribution in [3.8, 4) is 0 Å². The molecule has 1 aliphatic heterocycles. The van der Waals surface area contributed by atoms with Crippen LogP contribution in [0.5, 0.6) is 0 Å². The summed E-state index contributed by atoms with van der Waals surface area (Å²) >= 11 is 0. The molecule has 0 aromatic rings. The molecule has 16 heavy (non-hydrogen) atoms. The van der Waals surface area contributed by atoms with Gasteiger partial charge in [0.05, 0.1) is 0 Å². The zero-order valence-corrected chi connectivity index (χ0v) is 10.4. The maximum Gasteiger partial charge on any atom is 0.222 e. The number of carbonyl (C=O) groups excluding carboxylic acids is 1. The third-order valence-corrected chi connectivity index (χ3v) is 4.15. The fraction of sp³-hybridized carbons (Fsp3) is 0.923. The number of rotatable bonds is 3. The van der Waals surface area contributed by atoms with Gasteiger partial charge in [-0.2, -0.15) is 0 Å². The number of amides is 1. The van der Waals surface area contributed by atoms with Crippen LogP contribution >= 0.6 is 0 Å². The Morgan fingerprint density at radius 1 is 1.25 bits per heavy atom. The van der Waals surface area contributed by atoms with Crippen LogP contribution in [0.15, 0.2) is 0 Å². The van der Waals surface area contributed by atoms with Crippen LogP contribution in [0.3, 0.4) is 0 Å². The molecule has 1 heterocycles. The van der Waals surface area contributed by atoms with E-state index >= 15 is 0 Å². The number of nitrogens with zero attached hydrogens (tertiary/aromatic N) is 1. The highest BCUT2D eigenvalue weighted by Gasteiger charge is 2.25. The topological polar surface area (TPSA) is 32.3 Å². The zero-order chi connectivity index (χ0) is 11.4. The fourth-order valence-corrected chi connectivity index (χ4v) is 2.97. The second-order valence-corrected chi connectivity index (χ2v) is 5.36. The lowest BCUT2D eigenvalue weighted by Crippen LogP contribution is -2.46. The van der Waals surface area contributed by atoms with E-state index in [1.54, 1.807) is 0 Å². The lowest BCUT2D eigenvalue weighted by Gasteiger charge is -2.32. The van der Waals surface area contributed by atoms with Crippen LogP contribution in [-0.4, -0.2) is 37.0 Å². The molecule has 0 bridgehead atoms. The van der Waals surface area contributed by atoms with Crippen LogP contribution < -0.4 is 5.32 Å². The van der Waals surface area contributed by atoms with Crippen LogP contribution in [0.2, 0.25) is 0 Å². The molecule has 0 aromatic heterocycles. The van der Waals surface area contributed by atoms with Gasteiger partial charge < -0.3 is 10.2 Å². The van der Waals surface area contributed by atoms with Crippen molar-refractivity contribution in [2.45, 2.75) is 51.0 Å². The van der Waals surface area contributed by atoms with Crippen LogP contribution in [-0.2, 0) is 4.79 Å². The molecule has 0 spiro atoms. The molecule has 1 amide bonds. The van der Waals surface area contributed by atoms with Gasteiger partial charge in [0, 0.05) is 26.1 Å². The minimum Gasteiger partial charge on any atom is -0.341 e. The molecule has 2 aliphatic rings. The minimum atomic E-state index is 0.362. The predicted octanol–water partition coefficient (Wildman–Crippen LogP) is 1.78. The summed E-state index contributed by atoms with van der Waals surface area (Å²) < 4.78 is 0. The Kier molecular flexibility index (Phi) is 4.22. The monoisotopic (exact) mass is 224 g/mol. The molecule has 1 unspecified atom stereocenters. The van der Waals surface area contributed by atoms with E-state index in [1.165, 1.54) is 38.5 Å². The molecule has 1 saturated carbocycles. The van der Waals surface area contributed by atoms with Gasteiger partial charge in [-0.15, -0.1) is 0 Å². The number of piperidine rings is 1. The molecule has 1 N–H and O–H groups in total. The van der Waals surface area contributed by atoms with Gasteiger partial charge in [-0.25, -0.2) is 0 Å². The van der Waals surface area contributed by atoms with E-state index in [9.17, 15) is 4.79 Å². The van der Waals surface area contributed by atoms with E-state index in [-0.39, 0.29) is 0 Å². The molecule has 0 radical (unpaired) electrons.